The molecule has 0 radical (unpaired) electrons. The van der Waals surface area contributed by atoms with E-state index in [-0.39, 0.29) is 5.41 Å². The number of rotatable bonds is 3. The van der Waals surface area contributed by atoms with Crippen molar-refractivity contribution >= 4 is 45.5 Å². The summed E-state index contributed by atoms with van der Waals surface area (Å²) in [6.07, 6.45) is 5.46. The number of carboxylic acid groups (broad SMARTS) is 1. The summed E-state index contributed by atoms with van der Waals surface area (Å²) >= 11 is 0. The van der Waals surface area contributed by atoms with Crippen molar-refractivity contribution < 1.29 is 14.3 Å². The average molecular weight is 447 g/mol. The number of piperidine rings is 1. The Morgan fingerprint density at radius 2 is 1.97 bits per heavy atom. The van der Waals surface area contributed by atoms with Gasteiger partial charge in [0.2, 0.25) is 5.95 Å². The van der Waals surface area contributed by atoms with Gasteiger partial charge in [0.25, 0.3) is 0 Å². The predicted octanol–water partition coefficient (Wildman–Crippen LogP) is 3.82. The third-order valence-corrected chi connectivity index (χ3v) is 7.12. The second kappa shape index (κ2) is 7.36. The predicted molar refractivity (Wildman–Crippen MR) is 124 cm³/mol. The van der Waals surface area contributed by atoms with Gasteiger partial charge in [0.1, 0.15) is 5.52 Å². The number of benzene rings is 1. The minimum absolute atomic E-state index is 0.0738. The van der Waals surface area contributed by atoms with E-state index in [1.807, 2.05) is 42.2 Å². The number of nitrogens with zero attached hydrogens (tertiary/aromatic N) is 6. The van der Waals surface area contributed by atoms with Crippen LogP contribution < -0.4 is 10.2 Å². The Bertz CT molecular complexity index is 1350. The van der Waals surface area contributed by atoms with E-state index in [0.717, 1.165) is 60.3 Å². The van der Waals surface area contributed by atoms with Crippen LogP contribution in [0.25, 0.3) is 22.0 Å². The summed E-state index contributed by atoms with van der Waals surface area (Å²) in [5.41, 5.74) is 3.45. The summed E-state index contributed by atoms with van der Waals surface area (Å²) < 4.78 is 7.58. The third-order valence-electron chi connectivity index (χ3n) is 7.12. The van der Waals surface area contributed by atoms with Crippen LogP contribution in [-0.2, 0) is 7.05 Å². The number of carbonyl (C=O) groups is 1. The van der Waals surface area contributed by atoms with Crippen molar-refractivity contribution in [2.75, 3.05) is 36.4 Å². The van der Waals surface area contributed by atoms with E-state index in [4.69, 9.17) is 9.40 Å². The highest BCUT2D eigenvalue weighted by atomic mass is 16.4. The second-order valence-electron chi connectivity index (χ2n) is 9.11. The molecule has 0 bridgehead atoms. The topological polar surface area (TPSA) is 113 Å². The van der Waals surface area contributed by atoms with Crippen LogP contribution in [0.4, 0.5) is 22.2 Å². The van der Waals surface area contributed by atoms with Crippen LogP contribution in [-0.4, -0.2) is 62.0 Å². The van der Waals surface area contributed by atoms with E-state index in [9.17, 15) is 9.90 Å². The van der Waals surface area contributed by atoms with Crippen molar-refractivity contribution in [3.63, 3.8) is 0 Å². The Kier molecular flexibility index (Phi) is 4.42. The van der Waals surface area contributed by atoms with E-state index in [1.165, 1.54) is 0 Å². The molecule has 2 fully saturated rings. The van der Waals surface area contributed by atoms with Crippen molar-refractivity contribution in [1.82, 2.24) is 24.6 Å². The molecule has 1 amide bonds. The zero-order valence-corrected chi connectivity index (χ0v) is 18.4. The third kappa shape index (κ3) is 3.42. The molecule has 1 aromatic carbocycles. The smallest absolute Gasteiger partial charge is 0.407 e. The lowest BCUT2D eigenvalue weighted by Gasteiger charge is -2.39. The monoisotopic (exact) mass is 447 g/mol. The molecule has 4 aromatic rings. The Labute approximate surface area is 189 Å². The number of aryl methyl sites for hydroxylation is 1. The number of furan rings is 1. The van der Waals surface area contributed by atoms with Gasteiger partial charge in [0, 0.05) is 50.4 Å². The van der Waals surface area contributed by atoms with Gasteiger partial charge in [-0.1, -0.05) is 0 Å². The molecule has 33 heavy (non-hydrogen) atoms. The number of likely N-dealkylation sites (tertiary alicyclic amines) is 1. The maximum absolute atomic E-state index is 11.4. The fourth-order valence-corrected chi connectivity index (χ4v) is 5.19. The van der Waals surface area contributed by atoms with Crippen LogP contribution in [0.2, 0.25) is 0 Å². The molecule has 2 aliphatic rings. The molecular weight excluding hydrogens is 422 g/mol. The maximum Gasteiger partial charge on any atom is 0.407 e. The van der Waals surface area contributed by atoms with Crippen LogP contribution in [0.3, 0.4) is 0 Å². The molecule has 5 heterocycles. The summed E-state index contributed by atoms with van der Waals surface area (Å²) in [5, 5.41) is 18.0. The van der Waals surface area contributed by atoms with E-state index < -0.39 is 6.09 Å². The van der Waals surface area contributed by atoms with Crippen molar-refractivity contribution in [2.24, 2.45) is 12.5 Å². The molecule has 0 aliphatic carbocycles. The summed E-state index contributed by atoms with van der Waals surface area (Å²) in [6, 6.07) is 7.90. The van der Waals surface area contributed by atoms with E-state index in [1.54, 1.807) is 11.2 Å². The molecule has 170 valence electrons. The van der Waals surface area contributed by atoms with Gasteiger partial charge in [-0.15, -0.1) is 0 Å². The summed E-state index contributed by atoms with van der Waals surface area (Å²) in [7, 11) is 1.92. The Balaban J connectivity index is 1.25. The SMILES string of the molecule is Cn1ncc2cc(Nc3nc(N4CCC5(CCN(C(=O)O)C5)CC4)c4occc4n3)ccc21. The van der Waals surface area contributed by atoms with Crippen LogP contribution in [0.5, 0.6) is 0 Å². The lowest BCUT2D eigenvalue weighted by Crippen LogP contribution is -2.42. The minimum atomic E-state index is -0.817. The maximum atomic E-state index is 11.4. The number of anilines is 3. The molecule has 3 aromatic heterocycles. The lowest BCUT2D eigenvalue weighted by molar-refractivity contribution is 0.144. The number of hydrogen-bond acceptors (Lipinski definition) is 7. The van der Waals surface area contributed by atoms with Gasteiger partial charge in [-0.2, -0.15) is 10.1 Å². The zero-order chi connectivity index (χ0) is 22.6. The Morgan fingerprint density at radius 3 is 2.76 bits per heavy atom. The molecule has 0 atom stereocenters. The van der Waals surface area contributed by atoms with Gasteiger partial charge in [0.05, 0.1) is 18.0 Å². The first-order valence-corrected chi connectivity index (χ1v) is 11.2. The van der Waals surface area contributed by atoms with Gasteiger partial charge < -0.3 is 24.6 Å². The number of aromatic nitrogens is 4. The van der Waals surface area contributed by atoms with Gasteiger partial charge in [-0.25, -0.2) is 9.78 Å². The molecule has 10 nitrogen and oxygen atoms in total. The van der Waals surface area contributed by atoms with Gasteiger partial charge in [-0.3, -0.25) is 4.68 Å². The minimum Gasteiger partial charge on any atom is -0.465 e. The van der Waals surface area contributed by atoms with Crippen molar-refractivity contribution in [1.29, 1.82) is 0 Å². The first kappa shape index (κ1) is 19.8. The van der Waals surface area contributed by atoms with Crippen molar-refractivity contribution in [3.05, 3.63) is 36.7 Å². The zero-order valence-electron chi connectivity index (χ0n) is 18.4. The summed E-state index contributed by atoms with van der Waals surface area (Å²) in [5.74, 6) is 1.29. The van der Waals surface area contributed by atoms with Crippen LogP contribution in [0.1, 0.15) is 19.3 Å². The van der Waals surface area contributed by atoms with Crippen molar-refractivity contribution in [2.45, 2.75) is 19.3 Å². The van der Waals surface area contributed by atoms with E-state index in [2.05, 4.69) is 20.3 Å². The molecule has 6 rings (SSSR count). The Morgan fingerprint density at radius 1 is 1.15 bits per heavy atom. The first-order chi connectivity index (χ1) is 16.0. The normalized spacial score (nSPS) is 18.0. The molecule has 1 spiro atoms. The van der Waals surface area contributed by atoms with Gasteiger partial charge >= 0.3 is 6.09 Å². The van der Waals surface area contributed by atoms with Crippen LogP contribution in [0.15, 0.2) is 41.1 Å². The van der Waals surface area contributed by atoms with Crippen LogP contribution in [0, 0.1) is 5.41 Å². The molecule has 2 N–H and O–H groups in total. The van der Waals surface area contributed by atoms with E-state index >= 15 is 0 Å². The Hall–Kier alpha value is -3.82. The number of amides is 1. The molecular formula is C23H25N7O3. The van der Waals surface area contributed by atoms with Crippen LogP contribution >= 0.6 is 0 Å². The van der Waals surface area contributed by atoms with Crippen molar-refractivity contribution in [3.8, 4) is 0 Å². The fourth-order valence-electron chi connectivity index (χ4n) is 5.19. The average Bonchev–Trinajstić information content (AvgIpc) is 3.53. The lowest BCUT2D eigenvalue weighted by atomic mass is 9.78. The van der Waals surface area contributed by atoms with Gasteiger partial charge in [0.15, 0.2) is 11.4 Å². The molecule has 2 saturated heterocycles. The molecule has 10 heteroatoms. The highest BCUT2D eigenvalue weighted by Crippen LogP contribution is 2.42. The summed E-state index contributed by atoms with van der Waals surface area (Å²) in [4.78, 5) is 24.6. The molecule has 2 aliphatic heterocycles. The van der Waals surface area contributed by atoms with E-state index in [0.29, 0.717) is 24.6 Å². The number of hydrogen-bond donors (Lipinski definition) is 2. The highest BCUT2D eigenvalue weighted by molar-refractivity contribution is 5.87. The molecule has 0 unspecified atom stereocenters. The first-order valence-electron chi connectivity index (χ1n) is 11.2. The standard InChI is InChI=1S/C23H25N7O3/c1-28-18-3-2-16(12-15(18)13-24-28)25-21-26-17-4-11-33-19(17)20(27-21)29-8-5-23(6-9-29)7-10-30(14-23)22(31)32/h2-4,11-13H,5-10,14H2,1H3,(H,31,32)(H,25,26,27). The highest BCUT2D eigenvalue weighted by Gasteiger charge is 2.42. The number of fused-ring (bicyclic) bond motifs is 2. The van der Waals surface area contributed by atoms with Gasteiger partial charge in [-0.05, 0) is 42.9 Å². The summed E-state index contributed by atoms with van der Waals surface area (Å²) in [6.45, 7) is 2.86. The quantitative estimate of drug-likeness (QED) is 0.487. The largest absolute Gasteiger partial charge is 0.465 e. The number of nitrogens with one attached hydrogen (secondary N) is 1. The second-order valence-corrected chi connectivity index (χ2v) is 9.11. The fraction of sp³-hybridized carbons (Fsp3) is 0.391. The molecule has 0 saturated carbocycles.